The molecule has 0 spiro atoms. The number of nitrogens with one attached hydrogen (secondary N) is 1. The zero-order valence-corrected chi connectivity index (χ0v) is 21.0. The van der Waals surface area contributed by atoms with Crippen LogP contribution in [0.25, 0.3) is 11.1 Å². The van der Waals surface area contributed by atoms with Crippen molar-refractivity contribution in [3.63, 3.8) is 0 Å². The number of halogens is 1. The normalized spacial score (nSPS) is 16.8. The fourth-order valence-corrected chi connectivity index (χ4v) is 4.97. The fraction of sp³-hybridized carbons (Fsp3) is 0.387. The van der Waals surface area contributed by atoms with Crippen LogP contribution < -0.4 is 10.1 Å². The van der Waals surface area contributed by atoms with Crippen molar-refractivity contribution in [2.75, 3.05) is 13.2 Å². The van der Waals surface area contributed by atoms with Crippen LogP contribution in [0.2, 0.25) is 5.02 Å². The Morgan fingerprint density at radius 1 is 0.886 bits per heavy atom. The predicted octanol–water partition coefficient (Wildman–Crippen LogP) is 7.27. The van der Waals surface area contributed by atoms with E-state index in [1.807, 2.05) is 66.9 Å². The molecule has 2 aliphatic rings. The molecule has 0 bridgehead atoms. The zero-order chi connectivity index (χ0) is 23.9. The van der Waals surface area contributed by atoms with Gasteiger partial charge in [0.25, 0.3) is 0 Å². The van der Waals surface area contributed by atoms with Crippen molar-refractivity contribution in [2.24, 2.45) is 5.92 Å². The Morgan fingerprint density at radius 2 is 1.63 bits per heavy atom. The molecule has 0 unspecified atom stereocenters. The Morgan fingerprint density at radius 3 is 2.31 bits per heavy atom. The van der Waals surface area contributed by atoms with Crippen LogP contribution >= 0.6 is 11.6 Å². The van der Waals surface area contributed by atoms with Crippen molar-refractivity contribution >= 4 is 11.6 Å². The van der Waals surface area contributed by atoms with Gasteiger partial charge in [-0.25, -0.2) is 4.98 Å². The first kappa shape index (κ1) is 23.9. The average molecular weight is 485 g/mol. The standard InChI is InChI=1S/C31H33ClN2O/c32-28-12-9-26(10-13-28)27-11-15-29(33-23-27)14-6-24-7-16-30(17-8-24)35-21-20-31(18-2-1-3-19-31)34-22-25-4-5-25/h7-13,15-17,23,25,34H,1-5,18-22H2. The van der Waals surface area contributed by atoms with Crippen LogP contribution in [-0.2, 0) is 0 Å². The molecule has 3 nitrogen and oxygen atoms in total. The van der Waals surface area contributed by atoms with Gasteiger partial charge in [-0.3, -0.25) is 0 Å². The van der Waals surface area contributed by atoms with Crippen molar-refractivity contribution < 1.29 is 4.74 Å². The number of nitrogens with zero attached hydrogens (tertiary/aromatic N) is 1. The maximum Gasteiger partial charge on any atom is 0.119 e. The van der Waals surface area contributed by atoms with Crippen LogP contribution in [-0.4, -0.2) is 23.7 Å². The Hall–Kier alpha value is -2.80. The van der Waals surface area contributed by atoms with Gasteiger partial charge in [0.05, 0.1) is 6.61 Å². The van der Waals surface area contributed by atoms with Crippen LogP contribution in [0.3, 0.4) is 0 Å². The van der Waals surface area contributed by atoms with Gasteiger partial charge < -0.3 is 10.1 Å². The molecule has 0 radical (unpaired) electrons. The highest BCUT2D eigenvalue weighted by atomic mass is 35.5. The molecular weight excluding hydrogens is 452 g/mol. The second-order valence-electron chi connectivity index (χ2n) is 9.98. The largest absolute Gasteiger partial charge is 0.494 e. The van der Waals surface area contributed by atoms with Gasteiger partial charge in [-0.15, -0.1) is 0 Å². The third-order valence-corrected chi connectivity index (χ3v) is 7.50. The van der Waals surface area contributed by atoms with Crippen molar-refractivity contribution in [3.8, 4) is 28.7 Å². The van der Waals surface area contributed by atoms with Crippen LogP contribution in [0, 0.1) is 17.8 Å². The summed E-state index contributed by atoms with van der Waals surface area (Å²) < 4.78 is 6.13. The van der Waals surface area contributed by atoms with E-state index < -0.39 is 0 Å². The SMILES string of the molecule is Clc1ccc(-c2ccc(C#Cc3ccc(OCCC4(NCC5CC5)CCCCC4)cc3)nc2)cc1. The van der Waals surface area contributed by atoms with Crippen LogP contribution in [0.15, 0.2) is 66.9 Å². The molecule has 4 heteroatoms. The van der Waals surface area contributed by atoms with Gasteiger partial charge in [0.15, 0.2) is 0 Å². The summed E-state index contributed by atoms with van der Waals surface area (Å²) in [4.78, 5) is 4.49. The Bertz CT molecular complexity index is 1150. The molecule has 2 aliphatic carbocycles. The van der Waals surface area contributed by atoms with E-state index in [-0.39, 0.29) is 5.54 Å². The summed E-state index contributed by atoms with van der Waals surface area (Å²) in [5.74, 6) is 8.19. The molecule has 0 aliphatic heterocycles. The molecule has 0 saturated heterocycles. The lowest BCUT2D eigenvalue weighted by Crippen LogP contribution is -2.48. The predicted molar refractivity (Wildman–Crippen MR) is 144 cm³/mol. The maximum atomic E-state index is 6.13. The highest BCUT2D eigenvalue weighted by molar-refractivity contribution is 6.30. The lowest BCUT2D eigenvalue weighted by molar-refractivity contribution is 0.173. The summed E-state index contributed by atoms with van der Waals surface area (Å²) >= 11 is 5.97. The first-order chi connectivity index (χ1) is 17.2. The van der Waals surface area contributed by atoms with E-state index >= 15 is 0 Å². The van der Waals surface area contributed by atoms with Gasteiger partial charge in [0.2, 0.25) is 0 Å². The maximum absolute atomic E-state index is 6.13. The van der Waals surface area contributed by atoms with E-state index in [1.165, 1.54) is 51.5 Å². The fourth-order valence-electron chi connectivity index (χ4n) is 4.84. The summed E-state index contributed by atoms with van der Waals surface area (Å²) in [6, 6.07) is 19.8. The molecule has 3 aromatic rings. The van der Waals surface area contributed by atoms with Gasteiger partial charge in [0, 0.05) is 27.9 Å². The third kappa shape index (κ3) is 6.88. The summed E-state index contributed by atoms with van der Waals surface area (Å²) in [6.07, 6.45) is 12.4. The topological polar surface area (TPSA) is 34.1 Å². The minimum absolute atomic E-state index is 0.280. The second-order valence-corrected chi connectivity index (χ2v) is 10.4. The minimum Gasteiger partial charge on any atom is -0.494 e. The van der Waals surface area contributed by atoms with Crippen molar-refractivity contribution in [1.29, 1.82) is 0 Å². The second kappa shape index (κ2) is 11.3. The van der Waals surface area contributed by atoms with Gasteiger partial charge in [-0.2, -0.15) is 0 Å². The van der Waals surface area contributed by atoms with E-state index in [2.05, 4.69) is 22.1 Å². The summed E-state index contributed by atoms with van der Waals surface area (Å²) in [5.41, 5.74) is 4.12. The number of hydrogen-bond donors (Lipinski definition) is 1. The Labute approximate surface area is 214 Å². The molecule has 5 rings (SSSR count). The lowest BCUT2D eigenvalue weighted by atomic mass is 9.79. The molecule has 0 amide bonds. The van der Waals surface area contributed by atoms with Crippen LogP contribution in [0.1, 0.15) is 62.6 Å². The molecule has 35 heavy (non-hydrogen) atoms. The highest BCUT2D eigenvalue weighted by Gasteiger charge is 2.33. The molecule has 2 fully saturated rings. The van der Waals surface area contributed by atoms with E-state index in [0.29, 0.717) is 0 Å². The van der Waals surface area contributed by atoms with Gasteiger partial charge in [-0.1, -0.05) is 55.0 Å². The highest BCUT2D eigenvalue weighted by Crippen LogP contribution is 2.34. The Kier molecular flexibility index (Phi) is 7.72. The first-order valence-electron chi connectivity index (χ1n) is 12.9. The molecule has 1 aromatic heterocycles. The van der Waals surface area contributed by atoms with Gasteiger partial charge in [-0.05, 0) is 98.5 Å². The van der Waals surface area contributed by atoms with E-state index in [1.54, 1.807) is 0 Å². The number of hydrogen-bond acceptors (Lipinski definition) is 3. The molecule has 1 heterocycles. The first-order valence-corrected chi connectivity index (χ1v) is 13.3. The molecule has 2 aromatic carbocycles. The van der Waals surface area contributed by atoms with Gasteiger partial charge in [0.1, 0.15) is 11.4 Å². The quantitative estimate of drug-likeness (QED) is 0.341. The third-order valence-electron chi connectivity index (χ3n) is 7.25. The number of ether oxygens (including phenoxy) is 1. The summed E-state index contributed by atoms with van der Waals surface area (Å²) in [5, 5.41) is 4.66. The lowest BCUT2D eigenvalue weighted by Gasteiger charge is -2.38. The van der Waals surface area contributed by atoms with Crippen LogP contribution in [0.4, 0.5) is 0 Å². The minimum atomic E-state index is 0.280. The number of pyridine rings is 1. The van der Waals surface area contributed by atoms with Crippen molar-refractivity contribution in [3.05, 3.63) is 83.1 Å². The van der Waals surface area contributed by atoms with Crippen LogP contribution in [0.5, 0.6) is 5.75 Å². The van der Waals surface area contributed by atoms with Gasteiger partial charge >= 0.3 is 0 Å². The van der Waals surface area contributed by atoms with E-state index in [4.69, 9.17) is 16.3 Å². The summed E-state index contributed by atoms with van der Waals surface area (Å²) in [6.45, 7) is 1.94. The Balaban J connectivity index is 1.13. The molecular formula is C31H33ClN2O. The molecule has 180 valence electrons. The zero-order valence-electron chi connectivity index (χ0n) is 20.2. The summed E-state index contributed by atoms with van der Waals surface area (Å²) in [7, 11) is 0. The van der Waals surface area contributed by atoms with Crippen molar-refractivity contribution in [1.82, 2.24) is 10.3 Å². The smallest absolute Gasteiger partial charge is 0.119 e. The molecule has 1 N–H and O–H groups in total. The monoisotopic (exact) mass is 484 g/mol. The van der Waals surface area contributed by atoms with E-state index in [9.17, 15) is 0 Å². The average Bonchev–Trinajstić information content (AvgIpc) is 3.73. The number of rotatable bonds is 8. The number of aromatic nitrogens is 1. The van der Waals surface area contributed by atoms with Crippen molar-refractivity contribution in [2.45, 2.75) is 56.9 Å². The molecule has 0 atom stereocenters. The molecule has 2 saturated carbocycles. The number of benzene rings is 2. The van der Waals surface area contributed by atoms with E-state index in [0.717, 1.165) is 52.1 Å².